The molecule has 76 valence electrons. The third kappa shape index (κ3) is 2.36. The molecule has 1 rings (SSSR count). The number of nitrogens with zero attached hydrogens (tertiary/aromatic N) is 2. The van der Waals surface area contributed by atoms with Crippen LogP contribution in [0.4, 0.5) is 0 Å². The van der Waals surface area contributed by atoms with Crippen molar-refractivity contribution >= 4 is 0 Å². The highest BCUT2D eigenvalue weighted by Crippen LogP contribution is 2.17. The summed E-state index contributed by atoms with van der Waals surface area (Å²) >= 11 is 0. The normalized spacial score (nSPS) is 12.4. The molecule has 0 aliphatic heterocycles. The van der Waals surface area contributed by atoms with Gasteiger partial charge in [-0.2, -0.15) is 0 Å². The molecule has 0 aromatic carbocycles. The first-order chi connectivity index (χ1) is 6.66. The van der Waals surface area contributed by atoms with Gasteiger partial charge in [-0.15, -0.1) is 5.92 Å². The summed E-state index contributed by atoms with van der Waals surface area (Å²) in [6, 6.07) is 0.0381. The second-order valence-electron chi connectivity index (χ2n) is 3.64. The molecule has 3 heteroatoms. The molecule has 1 aromatic rings. The van der Waals surface area contributed by atoms with Crippen molar-refractivity contribution in [3.63, 3.8) is 0 Å². The van der Waals surface area contributed by atoms with Gasteiger partial charge >= 0.3 is 0 Å². The van der Waals surface area contributed by atoms with E-state index in [1.54, 1.807) is 6.33 Å². The summed E-state index contributed by atoms with van der Waals surface area (Å²) in [5.41, 5.74) is 7.10. The van der Waals surface area contributed by atoms with E-state index in [1.165, 1.54) is 0 Å². The van der Waals surface area contributed by atoms with Gasteiger partial charge in [-0.25, -0.2) is 4.98 Å². The zero-order valence-corrected chi connectivity index (χ0v) is 8.99. The fourth-order valence-electron chi connectivity index (χ4n) is 1.25. The largest absolute Gasteiger partial charge is 0.322 e. The molecule has 0 saturated carbocycles. The van der Waals surface area contributed by atoms with Crippen LogP contribution in [0.15, 0.2) is 12.5 Å². The molecule has 1 aromatic heterocycles. The molecular weight excluding hydrogens is 174 g/mol. The standard InChI is InChI=1S/C11H17N3/c1-4-5-6-14-8-13-7-10(14)11(12)9(2)3/h7-9,11H,6,12H2,1-3H3. The third-order valence-electron chi connectivity index (χ3n) is 2.23. The summed E-state index contributed by atoms with van der Waals surface area (Å²) in [5.74, 6) is 6.28. The molecule has 0 amide bonds. The lowest BCUT2D eigenvalue weighted by molar-refractivity contribution is 0.486. The molecule has 0 bridgehead atoms. The summed E-state index contributed by atoms with van der Waals surface area (Å²) in [7, 11) is 0. The van der Waals surface area contributed by atoms with Crippen LogP contribution in [0.3, 0.4) is 0 Å². The Kier molecular flexibility index (Phi) is 3.73. The number of hydrogen-bond acceptors (Lipinski definition) is 2. The second kappa shape index (κ2) is 4.83. The fraction of sp³-hybridized carbons (Fsp3) is 0.545. The SMILES string of the molecule is CC#CCn1cncc1C(N)C(C)C. The minimum Gasteiger partial charge on any atom is -0.322 e. The molecule has 2 N–H and O–H groups in total. The van der Waals surface area contributed by atoms with Gasteiger partial charge in [0.25, 0.3) is 0 Å². The minimum atomic E-state index is 0.0381. The second-order valence-corrected chi connectivity index (χ2v) is 3.64. The Hall–Kier alpha value is -1.27. The predicted molar refractivity (Wildman–Crippen MR) is 57.4 cm³/mol. The lowest BCUT2D eigenvalue weighted by Crippen LogP contribution is -2.20. The molecular formula is C11H17N3. The van der Waals surface area contributed by atoms with Crippen LogP contribution in [0.1, 0.15) is 32.5 Å². The Balaban J connectivity index is 2.84. The zero-order chi connectivity index (χ0) is 10.6. The first-order valence-corrected chi connectivity index (χ1v) is 4.82. The lowest BCUT2D eigenvalue weighted by atomic mass is 10.0. The first kappa shape index (κ1) is 10.8. The van der Waals surface area contributed by atoms with Crippen LogP contribution in [-0.2, 0) is 6.54 Å². The Morgan fingerprint density at radius 3 is 2.86 bits per heavy atom. The van der Waals surface area contributed by atoms with Crippen molar-refractivity contribution in [1.29, 1.82) is 0 Å². The molecule has 0 aliphatic carbocycles. The highest BCUT2D eigenvalue weighted by atomic mass is 15.1. The van der Waals surface area contributed by atoms with Crippen molar-refractivity contribution in [3.05, 3.63) is 18.2 Å². The van der Waals surface area contributed by atoms with Gasteiger partial charge < -0.3 is 10.3 Å². The van der Waals surface area contributed by atoms with E-state index < -0.39 is 0 Å². The first-order valence-electron chi connectivity index (χ1n) is 4.82. The molecule has 3 nitrogen and oxygen atoms in total. The highest BCUT2D eigenvalue weighted by Gasteiger charge is 2.14. The number of imidazole rings is 1. The van der Waals surface area contributed by atoms with Crippen molar-refractivity contribution < 1.29 is 0 Å². The van der Waals surface area contributed by atoms with Crippen LogP contribution in [0.5, 0.6) is 0 Å². The van der Waals surface area contributed by atoms with Crippen molar-refractivity contribution in [2.45, 2.75) is 33.4 Å². The molecule has 0 aliphatic rings. The van der Waals surface area contributed by atoms with Gasteiger partial charge in [0.2, 0.25) is 0 Å². The minimum absolute atomic E-state index is 0.0381. The molecule has 0 saturated heterocycles. The summed E-state index contributed by atoms with van der Waals surface area (Å²) in [4.78, 5) is 4.09. The number of rotatable bonds is 3. The van der Waals surface area contributed by atoms with Gasteiger partial charge in [0.1, 0.15) is 0 Å². The average Bonchev–Trinajstić information content (AvgIpc) is 2.61. The van der Waals surface area contributed by atoms with E-state index in [0.29, 0.717) is 12.5 Å². The number of nitrogens with two attached hydrogens (primary N) is 1. The van der Waals surface area contributed by atoms with Gasteiger partial charge in [0, 0.05) is 12.2 Å². The van der Waals surface area contributed by atoms with E-state index in [0.717, 1.165) is 5.69 Å². The van der Waals surface area contributed by atoms with Gasteiger partial charge in [-0.05, 0) is 12.8 Å². The topological polar surface area (TPSA) is 43.8 Å². The molecule has 1 atom stereocenters. The highest BCUT2D eigenvalue weighted by molar-refractivity contribution is 5.08. The van der Waals surface area contributed by atoms with Crippen LogP contribution in [0.2, 0.25) is 0 Å². The maximum atomic E-state index is 6.05. The molecule has 1 heterocycles. The van der Waals surface area contributed by atoms with E-state index in [-0.39, 0.29) is 6.04 Å². The molecule has 1 unspecified atom stereocenters. The van der Waals surface area contributed by atoms with E-state index in [4.69, 9.17) is 5.73 Å². The van der Waals surface area contributed by atoms with Crippen LogP contribution in [0, 0.1) is 17.8 Å². The van der Waals surface area contributed by atoms with Gasteiger partial charge in [0.05, 0.1) is 18.6 Å². The predicted octanol–water partition coefficient (Wildman–Crippen LogP) is 1.56. The van der Waals surface area contributed by atoms with E-state index in [9.17, 15) is 0 Å². The zero-order valence-electron chi connectivity index (χ0n) is 8.99. The van der Waals surface area contributed by atoms with Gasteiger partial charge in [-0.3, -0.25) is 0 Å². The van der Waals surface area contributed by atoms with Crippen LogP contribution >= 0.6 is 0 Å². The lowest BCUT2D eigenvalue weighted by Gasteiger charge is -2.16. The fourth-order valence-corrected chi connectivity index (χ4v) is 1.25. The Bertz CT molecular complexity index is 341. The monoisotopic (exact) mass is 191 g/mol. The van der Waals surface area contributed by atoms with Crippen molar-refractivity contribution in [1.82, 2.24) is 9.55 Å². The smallest absolute Gasteiger partial charge is 0.0957 e. The summed E-state index contributed by atoms with van der Waals surface area (Å²) in [6.45, 7) is 6.71. The summed E-state index contributed by atoms with van der Waals surface area (Å²) in [5, 5.41) is 0. The number of hydrogen-bond donors (Lipinski definition) is 1. The molecule has 14 heavy (non-hydrogen) atoms. The summed E-state index contributed by atoms with van der Waals surface area (Å²) in [6.07, 6.45) is 3.60. The third-order valence-corrected chi connectivity index (χ3v) is 2.23. The Morgan fingerprint density at radius 2 is 2.29 bits per heavy atom. The Morgan fingerprint density at radius 1 is 1.57 bits per heavy atom. The summed E-state index contributed by atoms with van der Waals surface area (Å²) < 4.78 is 2.00. The Labute approximate surface area is 85.3 Å². The van der Waals surface area contributed by atoms with Crippen LogP contribution < -0.4 is 5.73 Å². The van der Waals surface area contributed by atoms with E-state index >= 15 is 0 Å². The van der Waals surface area contributed by atoms with Crippen LogP contribution in [0.25, 0.3) is 0 Å². The quantitative estimate of drug-likeness (QED) is 0.737. The van der Waals surface area contributed by atoms with Crippen molar-refractivity contribution in [3.8, 4) is 11.8 Å². The van der Waals surface area contributed by atoms with Gasteiger partial charge in [0.15, 0.2) is 0 Å². The molecule has 0 spiro atoms. The van der Waals surface area contributed by atoms with E-state index in [2.05, 4.69) is 30.7 Å². The molecule has 0 radical (unpaired) electrons. The van der Waals surface area contributed by atoms with Gasteiger partial charge in [-0.1, -0.05) is 19.8 Å². The average molecular weight is 191 g/mol. The number of aromatic nitrogens is 2. The molecule has 0 fully saturated rings. The van der Waals surface area contributed by atoms with Crippen LogP contribution in [-0.4, -0.2) is 9.55 Å². The maximum absolute atomic E-state index is 6.05. The van der Waals surface area contributed by atoms with Crippen molar-refractivity contribution in [2.75, 3.05) is 0 Å². The van der Waals surface area contributed by atoms with Crippen molar-refractivity contribution in [2.24, 2.45) is 11.7 Å². The van der Waals surface area contributed by atoms with E-state index in [1.807, 2.05) is 17.7 Å². The maximum Gasteiger partial charge on any atom is 0.0957 e.